The van der Waals surface area contributed by atoms with Gasteiger partial charge >= 0.3 is 5.97 Å². The number of ether oxygens (including phenoxy) is 1. The molecular weight excluding hydrogens is 514 g/mol. The number of amides is 1. The second-order valence-corrected chi connectivity index (χ2v) is 12.1. The van der Waals surface area contributed by atoms with E-state index in [1.165, 1.54) is 46.2 Å². The van der Waals surface area contributed by atoms with Crippen LogP contribution in [0.1, 0.15) is 51.7 Å². The number of nitrogens with zero attached hydrogens (tertiary/aromatic N) is 1. The third-order valence-corrected chi connectivity index (χ3v) is 8.99. The van der Waals surface area contributed by atoms with Gasteiger partial charge in [-0.3, -0.25) is 4.79 Å². The quantitative estimate of drug-likeness (QED) is 0.189. The molecule has 0 aliphatic heterocycles. The first kappa shape index (κ1) is 26.3. The lowest BCUT2D eigenvalue weighted by Crippen LogP contribution is -2.23. The molecule has 0 fully saturated rings. The highest BCUT2D eigenvalue weighted by molar-refractivity contribution is 8.00. The first-order valence-corrected chi connectivity index (χ1v) is 14.5. The molecule has 5 rings (SSSR count). The number of nitrogens with one attached hydrogen (secondary N) is 2. The van der Waals surface area contributed by atoms with Crippen molar-refractivity contribution in [3.8, 4) is 22.5 Å². The van der Waals surface area contributed by atoms with E-state index in [-0.39, 0.29) is 5.91 Å². The maximum absolute atomic E-state index is 13.3. The van der Waals surface area contributed by atoms with Gasteiger partial charge in [0.05, 0.1) is 29.3 Å². The Hall–Kier alpha value is -3.36. The molecule has 2 aromatic heterocycles. The third kappa shape index (κ3) is 5.42. The Morgan fingerprint density at radius 1 is 1.00 bits per heavy atom. The van der Waals surface area contributed by atoms with Crippen molar-refractivity contribution in [1.82, 2.24) is 9.97 Å². The summed E-state index contributed by atoms with van der Waals surface area (Å²) in [4.78, 5) is 35.4. The van der Waals surface area contributed by atoms with Crippen LogP contribution >= 0.6 is 23.1 Å². The fourth-order valence-corrected chi connectivity index (χ4v) is 6.75. The number of fused-ring (bicyclic) bond motifs is 1. The van der Waals surface area contributed by atoms with Crippen LogP contribution in [0.5, 0.6) is 0 Å². The Bertz CT molecular complexity index is 1410. The Morgan fingerprint density at radius 2 is 1.63 bits per heavy atom. The lowest BCUT2D eigenvalue weighted by atomic mass is 9.95. The Kier molecular flexibility index (Phi) is 7.72. The monoisotopic (exact) mass is 545 g/mol. The predicted octanol–water partition coefficient (Wildman–Crippen LogP) is 7.21. The van der Waals surface area contributed by atoms with E-state index in [1.54, 1.807) is 0 Å². The van der Waals surface area contributed by atoms with Crippen LogP contribution in [0.2, 0.25) is 0 Å². The van der Waals surface area contributed by atoms with E-state index < -0.39 is 11.2 Å². The van der Waals surface area contributed by atoms with Crippen LogP contribution in [-0.2, 0) is 22.4 Å². The number of aromatic nitrogens is 2. The smallest absolute Gasteiger partial charge is 0.341 e. The minimum absolute atomic E-state index is 0.177. The van der Waals surface area contributed by atoms with Crippen molar-refractivity contribution in [2.75, 3.05) is 12.4 Å². The second kappa shape index (κ2) is 11.2. The number of hydrogen-bond acceptors (Lipinski definition) is 6. The number of thioether (sulfide) groups is 1. The number of thiophene rings is 1. The molecule has 0 spiro atoms. The minimum atomic E-state index is -0.442. The zero-order chi connectivity index (χ0) is 26.8. The van der Waals surface area contributed by atoms with Gasteiger partial charge in [0.25, 0.3) is 0 Å². The number of anilines is 1. The highest BCUT2D eigenvalue weighted by atomic mass is 32.2. The van der Waals surface area contributed by atoms with E-state index in [0.717, 1.165) is 53.8 Å². The van der Waals surface area contributed by atoms with Gasteiger partial charge in [-0.1, -0.05) is 71.4 Å². The molecule has 4 aromatic rings. The van der Waals surface area contributed by atoms with Gasteiger partial charge in [0.1, 0.15) is 5.00 Å². The summed E-state index contributed by atoms with van der Waals surface area (Å²) in [5.74, 6) is -0.569. The number of imidazole rings is 1. The molecule has 8 heteroatoms. The van der Waals surface area contributed by atoms with E-state index in [4.69, 9.17) is 9.72 Å². The first-order valence-electron chi connectivity index (χ1n) is 12.8. The molecule has 0 bridgehead atoms. The number of benzene rings is 2. The van der Waals surface area contributed by atoms with Gasteiger partial charge < -0.3 is 15.0 Å². The molecule has 1 aliphatic carbocycles. The SMILES string of the molecule is COC(=O)c1c(NC(=O)C(C)Sc2nc(-c3ccc(C)cc3)c(-c3ccc(C)cc3)[nH]2)sc2c1CCCC2. The highest BCUT2D eigenvalue weighted by Crippen LogP contribution is 2.39. The van der Waals surface area contributed by atoms with Crippen molar-refractivity contribution in [2.45, 2.75) is 56.9 Å². The third-order valence-electron chi connectivity index (χ3n) is 6.80. The van der Waals surface area contributed by atoms with E-state index in [0.29, 0.717) is 15.7 Å². The number of hydrogen-bond donors (Lipinski definition) is 2. The molecule has 2 N–H and O–H groups in total. The predicted molar refractivity (Wildman–Crippen MR) is 155 cm³/mol. The first-order chi connectivity index (χ1) is 18.3. The molecule has 6 nitrogen and oxygen atoms in total. The average molecular weight is 546 g/mol. The van der Waals surface area contributed by atoms with Crippen molar-refractivity contribution in [2.24, 2.45) is 0 Å². The standard InChI is InChI=1S/C30H31N3O3S2/c1-17-9-13-20(14-10-17)25-26(21-15-11-18(2)12-16-21)32-30(31-25)37-19(3)27(34)33-28-24(29(35)36-4)22-7-5-6-8-23(22)38-28/h9-16,19H,5-8H2,1-4H3,(H,31,32)(H,33,34). The lowest BCUT2D eigenvalue weighted by Gasteiger charge is -2.12. The van der Waals surface area contributed by atoms with Crippen LogP contribution in [0.3, 0.4) is 0 Å². The lowest BCUT2D eigenvalue weighted by molar-refractivity contribution is -0.115. The summed E-state index contributed by atoms with van der Waals surface area (Å²) in [7, 11) is 1.38. The average Bonchev–Trinajstić information content (AvgIpc) is 3.50. The molecule has 2 aromatic carbocycles. The summed E-state index contributed by atoms with van der Waals surface area (Å²) < 4.78 is 5.05. The zero-order valence-corrected chi connectivity index (χ0v) is 23.6. The van der Waals surface area contributed by atoms with Gasteiger partial charge in [-0.2, -0.15) is 0 Å². The molecule has 2 heterocycles. The van der Waals surface area contributed by atoms with Gasteiger partial charge in [0.15, 0.2) is 5.16 Å². The van der Waals surface area contributed by atoms with Crippen LogP contribution in [0.4, 0.5) is 5.00 Å². The normalized spacial score (nSPS) is 13.6. The number of rotatable bonds is 7. The molecule has 0 radical (unpaired) electrons. The van der Waals surface area contributed by atoms with E-state index in [1.807, 2.05) is 6.92 Å². The van der Waals surface area contributed by atoms with Crippen molar-refractivity contribution in [1.29, 1.82) is 0 Å². The molecule has 0 saturated heterocycles. The summed E-state index contributed by atoms with van der Waals surface area (Å²) >= 11 is 2.86. The molecule has 1 amide bonds. The fourth-order valence-electron chi connectivity index (χ4n) is 4.66. The van der Waals surface area contributed by atoms with Gasteiger partial charge in [0.2, 0.25) is 5.91 Å². The van der Waals surface area contributed by atoms with Crippen LogP contribution in [-0.4, -0.2) is 34.2 Å². The summed E-state index contributed by atoms with van der Waals surface area (Å²) in [5.41, 5.74) is 7.73. The molecule has 1 atom stereocenters. The van der Waals surface area contributed by atoms with Crippen molar-refractivity contribution in [3.63, 3.8) is 0 Å². The molecule has 0 saturated carbocycles. The van der Waals surface area contributed by atoms with E-state index in [9.17, 15) is 9.59 Å². The van der Waals surface area contributed by atoms with Gasteiger partial charge in [-0.25, -0.2) is 9.78 Å². The number of H-pyrrole nitrogens is 1. The Morgan fingerprint density at radius 3 is 2.29 bits per heavy atom. The number of esters is 1. The largest absolute Gasteiger partial charge is 0.465 e. The van der Waals surface area contributed by atoms with Crippen LogP contribution < -0.4 is 5.32 Å². The van der Waals surface area contributed by atoms with Gasteiger partial charge in [0, 0.05) is 16.0 Å². The van der Waals surface area contributed by atoms with E-state index in [2.05, 4.69) is 72.7 Å². The Labute approximate surface area is 231 Å². The number of aryl methyl sites for hydroxylation is 3. The number of carbonyl (C=O) groups excluding carboxylic acids is 2. The molecule has 38 heavy (non-hydrogen) atoms. The van der Waals surface area contributed by atoms with Crippen molar-refractivity contribution < 1.29 is 14.3 Å². The highest BCUT2D eigenvalue weighted by Gasteiger charge is 2.28. The summed E-state index contributed by atoms with van der Waals surface area (Å²) in [5, 5.41) is 3.82. The van der Waals surface area contributed by atoms with Crippen molar-refractivity contribution in [3.05, 3.63) is 75.7 Å². The summed E-state index contributed by atoms with van der Waals surface area (Å²) in [6.07, 6.45) is 3.91. The fraction of sp³-hybridized carbons (Fsp3) is 0.300. The van der Waals surface area contributed by atoms with Crippen molar-refractivity contribution >= 4 is 40.0 Å². The van der Waals surface area contributed by atoms with Crippen LogP contribution in [0.15, 0.2) is 53.7 Å². The van der Waals surface area contributed by atoms with Gasteiger partial charge in [-0.15, -0.1) is 11.3 Å². The zero-order valence-electron chi connectivity index (χ0n) is 22.0. The minimum Gasteiger partial charge on any atom is -0.465 e. The van der Waals surface area contributed by atoms with Crippen LogP contribution in [0.25, 0.3) is 22.5 Å². The number of methoxy groups -OCH3 is 1. The molecule has 196 valence electrons. The maximum atomic E-state index is 13.3. The number of carbonyl (C=O) groups is 2. The second-order valence-electron chi connectivity index (χ2n) is 9.65. The topological polar surface area (TPSA) is 84.1 Å². The molecular formula is C30H31N3O3S2. The molecule has 1 unspecified atom stereocenters. The summed E-state index contributed by atoms with van der Waals surface area (Å²) in [6, 6.07) is 16.6. The number of aromatic amines is 1. The summed E-state index contributed by atoms with van der Waals surface area (Å²) in [6.45, 7) is 5.98. The Balaban J connectivity index is 1.41. The van der Waals surface area contributed by atoms with Crippen LogP contribution in [0, 0.1) is 13.8 Å². The van der Waals surface area contributed by atoms with Gasteiger partial charge in [-0.05, 0) is 52.0 Å². The van der Waals surface area contributed by atoms with E-state index >= 15 is 0 Å². The molecule has 1 aliphatic rings. The maximum Gasteiger partial charge on any atom is 0.341 e.